The van der Waals surface area contributed by atoms with Crippen molar-refractivity contribution in [2.45, 2.75) is 26.4 Å². The molecule has 0 saturated carbocycles. The highest BCUT2D eigenvalue weighted by molar-refractivity contribution is 5.73. The van der Waals surface area contributed by atoms with Crippen molar-refractivity contribution in [2.75, 3.05) is 6.54 Å². The van der Waals surface area contributed by atoms with Crippen molar-refractivity contribution < 1.29 is 14.3 Å². The van der Waals surface area contributed by atoms with Crippen molar-refractivity contribution in [1.82, 2.24) is 4.90 Å². The molecule has 1 amide bonds. The quantitative estimate of drug-likeness (QED) is 0.550. The minimum Gasteiger partial charge on any atom is -0.443 e. The standard InChI is InChI=1S/C10H13NO3/c1-10(2,3)14-9(13)11-5-4-8(6-11)7-12/h4-5H,6H2,1-3H3. The SMILES string of the molecule is CC(C)(C)OC(=O)N1C=CC(=C=O)C1. The van der Waals surface area contributed by atoms with E-state index in [0.29, 0.717) is 5.57 Å². The van der Waals surface area contributed by atoms with Crippen LogP contribution < -0.4 is 0 Å². The van der Waals surface area contributed by atoms with E-state index in [0.717, 1.165) is 0 Å². The summed E-state index contributed by atoms with van der Waals surface area (Å²) in [6, 6.07) is 0. The molecule has 76 valence electrons. The fraction of sp³-hybridized carbons (Fsp3) is 0.500. The van der Waals surface area contributed by atoms with Gasteiger partial charge in [0.05, 0.1) is 12.1 Å². The number of nitrogens with zero attached hydrogens (tertiary/aromatic N) is 1. The van der Waals surface area contributed by atoms with E-state index in [1.165, 1.54) is 11.1 Å². The minimum absolute atomic E-state index is 0.248. The summed E-state index contributed by atoms with van der Waals surface area (Å²) in [7, 11) is 0. The normalized spacial score (nSPS) is 15.6. The molecular formula is C10H13NO3. The maximum atomic E-state index is 11.4. The van der Waals surface area contributed by atoms with E-state index in [-0.39, 0.29) is 6.54 Å². The van der Waals surface area contributed by atoms with Crippen molar-refractivity contribution in [1.29, 1.82) is 0 Å². The molecule has 1 rings (SSSR count). The summed E-state index contributed by atoms with van der Waals surface area (Å²) in [5, 5.41) is 0. The van der Waals surface area contributed by atoms with Crippen molar-refractivity contribution in [3.63, 3.8) is 0 Å². The fourth-order valence-corrected chi connectivity index (χ4v) is 0.981. The zero-order valence-corrected chi connectivity index (χ0v) is 8.53. The third-order valence-corrected chi connectivity index (χ3v) is 1.56. The van der Waals surface area contributed by atoms with Gasteiger partial charge in [0, 0.05) is 6.20 Å². The summed E-state index contributed by atoms with van der Waals surface area (Å²) < 4.78 is 5.11. The Morgan fingerprint density at radius 2 is 2.21 bits per heavy atom. The smallest absolute Gasteiger partial charge is 0.414 e. The summed E-state index contributed by atoms with van der Waals surface area (Å²) in [5.74, 6) is 1.74. The number of carbonyl (C=O) groups excluding carboxylic acids is 2. The maximum Gasteiger partial charge on any atom is 0.414 e. The molecule has 0 atom stereocenters. The maximum absolute atomic E-state index is 11.4. The first-order valence-electron chi connectivity index (χ1n) is 4.34. The Balaban J connectivity index is 2.58. The van der Waals surface area contributed by atoms with Crippen LogP contribution in [-0.2, 0) is 9.53 Å². The molecule has 0 saturated heterocycles. The number of carbonyl (C=O) groups is 1. The monoisotopic (exact) mass is 195 g/mol. The van der Waals surface area contributed by atoms with Crippen LogP contribution in [0.1, 0.15) is 20.8 Å². The fourth-order valence-electron chi connectivity index (χ4n) is 0.981. The van der Waals surface area contributed by atoms with E-state index in [2.05, 4.69) is 0 Å². The molecule has 0 aromatic heterocycles. The molecule has 14 heavy (non-hydrogen) atoms. The molecule has 0 spiro atoms. The number of rotatable bonds is 0. The van der Waals surface area contributed by atoms with E-state index in [4.69, 9.17) is 4.74 Å². The zero-order valence-electron chi connectivity index (χ0n) is 8.53. The Kier molecular flexibility index (Phi) is 2.77. The van der Waals surface area contributed by atoms with E-state index >= 15 is 0 Å². The molecule has 1 aliphatic heterocycles. The molecule has 0 aromatic carbocycles. The molecule has 0 bridgehead atoms. The van der Waals surface area contributed by atoms with Crippen LogP contribution in [0.25, 0.3) is 0 Å². The van der Waals surface area contributed by atoms with Gasteiger partial charge in [0.15, 0.2) is 0 Å². The average Bonchev–Trinajstić information content (AvgIpc) is 2.48. The van der Waals surface area contributed by atoms with E-state index < -0.39 is 11.7 Å². The largest absolute Gasteiger partial charge is 0.443 e. The van der Waals surface area contributed by atoms with Gasteiger partial charge in [0.25, 0.3) is 0 Å². The molecule has 1 aliphatic rings. The highest BCUT2D eigenvalue weighted by Crippen LogP contribution is 2.14. The lowest BCUT2D eigenvalue weighted by atomic mass is 10.2. The lowest BCUT2D eigenvalue weighted by Crippen LogP contribution is -2.32. The van der Waals surface area contributed by atoms with Crippen LogP contribution in [0.5, 0.6) is 0 Å². The van der Waals surface area contributed by atoms with E-state index in [1.54, 1.807) is 32.8 Å². The first-order valence-corrected chi connectivity index (χ1v) is 4.34. The Labute approximate surface area is 82.8 Å². The molecule has 4 nitrogen and oxygen atoms in total. The van der Waals surface area contributed by atoms with Crippen LogP contribution in [0.15, 0.2) is 17.8 Å². The van der Waals surface area contributed by atoms with Gasteiger partial charge in [-0.2, -0.15) is 0 Å². The van der Waals surface area contributed by atoms with Gasteiger partial charge in [-0.3, -0.25) is 4.90 Å². The van der Waals surface area contributed by atoms with Crippen molar-refractivity contribution in [2.24, 2.45) is 0 Å². The molecule has 0 radical (unpaired) electrons. The summed E-state index contributed by atoms with van der Waals surface area (Å²) >= 11 is 0. The molecule has 4 heteroatoms. The van der Waals surface area contributed by atoms with Crippen LogP contribution in [0.3, 0.4) is 0 Å². The van der Waals surface area contributed by atoms with Crippen LogP contribution in [0.4, 0.5) is 4.79 Å². The summed E-state index contributed by atoms with van der Waals surface area (Å²) in [6.45, 7) is 5.63. The van der Waals surface area contributed by atoms with Crippen molar-refractivity contribution in [3.05, 3.63) is 17.8 Å². The van der Waals surface area contributed by atoms with Gasteiger partial charge in [0.1, 0.15) is 11.5 Å². The highest BCUT2D eigenvalue weighted by atomic mass is 16.6. The predicted molar refractivity (Wildman–Crippen MR) is 51.3 cm³/mol. The molecule has 1 heterocycles. The van der Waals surface area contributed by atoms with Gasteiger partial charge in [-0.25, -0.2) is 9.59 Å². The van der Waals surface area contributed by atoms with Crippen LogP contribution in [0.2, 0.25) is 0 Å². The Hall–Kier alpha value is -1.54. The van der Waals surface area contributed by atoms with Gasteiger partial charge < -0.3 is 4.74 Å². The Bertz CT molecular complexity index is 319. The first kappa shape index (κ1) is 10.5. The summed E-state index contributed by atoms with van der Waals surface area (Å²) in [6.07, 6.45) is 2.63. The van der Waals surface area contributed by atoms with Crippen molar-refractivity contribution >= 4 is 12.0 Å². The topological polar surface area (TPSA) is 46.6 Å². The third-order valence-electron chi connectivity index (χ3n) is 1.56. The second-order valence-electron chi connectivity index (χ2n) is 4.05. The lowest BCUT2D eigenvalue weighted by Gasteiger charge is -2.22. The molecule has 0 aromatic rings. The van der Waals surface area contributed by atoms with Gasteiger partial charge >= 0.3 is 6.09 Å². The number of amides is 1. The highest BCUT2D eigenvalue weighted by Gasteiger charge is 2.23. The number of hydrogen-bond acceptors (Lipinski definition) is 3. The van der Waals surface area contributed by atoms with Crippen LogP contribution in [0, 0.1) is 0 Å². The summed E-state index contributed by atoms with van der Waals surface area (Å²) in [5.41, 5.74) is -0.0608. The Morgan fingerprint density at radius 1 is 1.57 bits per heavy atom. The molecule has 0 unspecified atom stereocenters. The molecule has 0 aliphatic carbocycles. The van der Waals surface area contributed by atoms with Gasteiger partial charge in [-0.15, -0.1) is 0 Å². The molecule has 0 N–H and O–H groups in total. The number of ether oxygens (including phenoxy) is 1. The van der Waals surface area contributed by atoms with Crippen molar-refractivity contribution in [3.8, 4) is 0 Å². The predicted octanol–water partition coefficient (Wildman–Crippen LogP) is 1.51. The minimum atomic E-state index is -0.515. The second kappa shape index (κ2) is 3.68. The van der Waals surface area contributed by atoms with Crippen LogP contribution in [-0.4, -0.2) is 29.1 Å². The summed E-state index contributed by atoms with van der Waals surface area (Å²) in [4.78, 5) is 23.0. The Morgan fingerprint density at radius 3 is 2.64 bits per heavy atom. The van der Waals surface area contributed by atoms with Gasteiger partial charge in [0.2, 0.25) is 0 Å². The van der Waals surface area contributed by atoms with Gasteiger partial charge in [-0.05, 0) is 26.8 Å². The van der Waals surface area contributed by atoms with E-state index in [1.807, 2.05) is 0 Å². The number of hydrogen-bond donors (Lipinski definition) is 0. The first-order chi connectivity index (χ1) is 6.42. The lowest BCUT2D eigenvalue weighted by molar-refractivity contribution is 0.0357. The molecule has 0 fully saturated rings. The van der Waals surface area contributed by atoms with Crippen LogP contribution >= 0.6 is 0 Å². The van der Waals surface area contributed by atoms with Gasteiger partial charge in [-0.1, -0.05) is 0 Å². The average molecular weight is 195 g/mol. The molecular weight excluding hydrogens is 182 g/mol. The third kappa shape index (κ3) is 2.75. The zero-order chi connectivity index (χ0) is 10.8. The second-order valence-corrected chi connectivity index (χ2v) is 4.05. The van der Waals surface area contributed by atoms with E-state index in [9.17, 15) is 9.59 Å².